The van der Waals surface area contributed by atoms with Gasteiger partial charge in [0.2, 0.25) is 0 Å². The van der Waals surface area contributed by atoms with Gasteiger partial charge in [0.15, 0.2) is 0 Å². The molecule has 1 rings (SSSR count). The van der Waals surface area contributed by atoms with Crippen molar-refractivity contribution in [2.24, 2.45) is 0 Å². The van der Waals surface area contributed by atoms with E-state index in [0.717, 1.165) is 29.5 Å². The smallest absolute Gasteiger partial charge is 0.0621 e. The van der Waals surface area contributed by atoms with Crippen molar-refractivity contribution in [3.05, 3.63) is 28.7 Å². The van der Waals surface area contributed by atoms with E-state index in [1.165, 1.54) is 0 Å². The second kappa shape index (κ2) is 6.44. The lowest BCUT2D eigenvalue weighted by atomic mass is 10.2. The Balaban J connectivity index is 2.25. The highest BCUT2D eigenvalue weighted by atomic mass is 79.9. The lowest BCUT2D eigenvalue weighted by molar-refractivity contribution is 0.784. The molecule has 14 heavy (non-hydrogen) atoms. The number of rotatable bonds is 5. The van der Waals surface area contributed by atoms with Gasteiger partial charge in [-0.05, 0) is 40.9 Å². The minimum absolute atomic E-state index is 0.650. The number of hydrogen-bond acceptors (Lipinski definition) is 2. The zero-order chi connectivity index (χ0) is 10.2. The van der Waals surface area contributed by atoms with E-state index >= 15 is 0 Å². The Hall–Kier alpha value is -1.01. The van der Waals surface area contributed by atoms with Crippen LogP contribution < -0.4 is 5.32 Å². The van der Waals surface area contributed by atoms with Gasteiger partial charge in [-0.2, -0.15) is 5.26 Å². The van der Waals surface area contributed by atoms with Crippen LogP contribution in [0, 0.1) is 11.3 Å². The summed E-state index contributed by atoms with van der Waals surface area (Å²) in [7, 11) is 0. The maximum atomic E-state index is 8.35. The normalized spacial score (nSPS) is 9.43. The predicted molar refractivity (Wildman–Crippen MR) is 62.1 cm³/mol. The molecule has 0 aliphatic rings. The number of hydrogen-bond donors (Lipinski definition) is 1. The third-order valence-corrected chi connectivity index (χ3v) is 2.60. The van der Waals surface area contributed by atoms with Crippen molar-refractivity contribution in [2.45, 2.75) is 19.3 Å². The van der Waals surface area contributed by atoms with E-state index in [0.29, 0.717) is 6.42 Å². The molecule has 0 saturated carbocycles. The first-order chi connectivity index (χ1) is 6.84. The Bertz CT molecular complexity index is 317. The summed E-state index contributed by atoms with van der Waals surface area (Å²) in [6.07, 6.45) is 2.65. The third-order valence-electron chi connectivity index (χ3n) is 1.90. The fourth-order valence-corrected chi connectivity index (χ4v) is 1.58. The number of nitriles is 1. The van der Waals surface area contributed by atoms with E-state index < -0.39 is 0 Å². The van der Waals surface area contributed by atoms with Crippen molar-refractivity contribution in [3.63, 3.8) is 0 Å². The van der Waals surface area contributed by atoms with Crippen LogP contribution in [0.1, 0.15) is 19.3 Å². The summed E-state index contributed by atoms with van der Waals surface area (Å²) < 4.78 is 1.08. The zero-order valence-corrected chi connectivity index (χ0v) is 9.55. The Morgan fingerprint density at radius 1 is 1.29 bits per heavy atom. The second-order valence-electron chi connectivity index (χ2n) is 3.02. The van der Waals surface area contributed by atoms with Gasteiger partial charge in [0, 0.05) is 23.1 Å². The van der Waals surface area contributed by atoms with Crippen molar-refractivity contribution >= 4 is 21.6 Å². The summed E-state index contributed by atoms with van der Waals surface area (Å²) in [5, 5.41) is 11.7. The van der Waals surface area contributed by atoms with Crippen LogP contribution in [0.2, 0.25) is 0 Å². The zero-order valence-electron chi connectivity index (χ0n) is 7.96. The quantitative estimate of drug-likeness (QED) is 0.814. The summed E-state index contributed by atoms with van der Waals surface area (Å²) >= 11 is 3.46. The largest absolute Gasteiger partial charge is 0.384 e. The van der Waals surface area contributed by atoms with E-state index in [4.69, 9.17) is 5.26 Å². The Labute approximate surface area is 93.1 Å². The van der Waals surface area contributed by atoms with Crippen LogP contribution in [-0.4, -0.2) is 6.54 Å². The monoisotopic (exact) mass is 252 g/mol. The lowest BCUT2D eigenvalue weighted by Crippen LogP contribution is -2.01. The average molecular weight is 253 g/mol. The second-order valence-corrected chi connectivity index (χ2v) is 3.88. The first kappa shape index (κ1) is 11.1. The molecule has 0 saturated heterocycles. The maximum Gasteiger partial charge on any atom is 0.0621 e. The van der Waals surface area contributed by atoms with Gasteiger partial charge in [-0.25, -0.2) is 0 Å². The van der Waals surface area contributed by atoms with Crippen LogP contribution in [0.25, 0.3) is 0 Å². The Morgan fingerprint density at radius 2 is 2.07 bits per heavy atom. The predicted octanol–water partition coefficient (Wildman–Crippen LogP) is 3.55. The average Bonchev–Trinajstić information content (AvgIpc) is 2.20. The van der Waals surface area contributed by atoms with Crippen LogP contribution in [0.4, 0.5) is 5.69 Å². The molecule has 0 bridgehead atoms. The van der Waals surface area contributed by atoms with Crippen molar-refractivity contribution in [1.82, 2.24) is 0 Å². The van der Waals surface area contributed by atoms with Crippen molar-refractivity contribution in [3.8, 4) is 6.07 Å². The van der Waals surface area contributed by atoms with Crippen LogP contribution in [0.3, 0.4) is 0 Å². The molecule has 0 spiro atoms. The van der Waals surface area contributed by atoms with Gasteiger partial charge in [0.05, 0.1) is 6.07 Å². The molecule has 0 heterocycles. The van der Waals surface area contributed by atoms with Crippen LogP contribution in [-0.2, 0) is 0 Å². The highest BCUT2D eigenvalue weighted by Gasteiger charge is 1.95. The number of nitrogens with zero attached hydrogens (tertiary/aromatic N) is 1. The highest BCUT2D eigenvalue weighted by Crippen LogP contribution is 2.20. The van der Waals surface area contributed by atoms with Gasteiger partial charge >= 0.3 is 0 Å². The van der Waals surface area contributed by atoms with Crippen molar-refractivity contribution < 1.29 is 0 Å². The molecule has 1 aromatic rings. The molecular formula is C11H13BrN2. The first-order valence-electron chi connectivity index (χ1n) is 4.70. The number of para-hydroxylation sites is 1. The number of benzene rings is 1. The number of nitrogens with one attached hydrogen (secondary N) is 1. The molecule has 3 heteroatoms. The fourth-order valence-electron chi connectivity index (χ4n) is 1.16. The van der Waals surface area contributed by atoms with Gasteiger partial charge in [-0.1, -0.05) is 12.1 Å². The molecule has 74 valence electrons. The summed E-state index contributed by atoms with van der Waals surface area (Å²) in [6.45, 7) is 0.921. The topological polar surface area (TPSA) is 35.8 Å². The van der Waals surface area contributed by atoms with E-state index in [1.807, 2.05) is 24.3 Å². The molecular weight excluding hydrogens is 240 g/mol. The summed E-state index contributed by atoms with van der Waals surface area (Å²) in [5.41, 5.74) is 1.12. The highest BCUT2D eigenvalue weighted by molar-refractivity contribution is 9.10. The van der Waals surface area contributed by atoms with Gasteiger partial charge < -0.3 is 5.32 Å². The minimum Gasteiger partial charge on any atom is -0.384 e. The van der Waals surface area contributed by atoms with Crippen molar-refractivity contribution in [1.29, 1.82) is 5.26 Å². The fraction of sp³-hybridized carbons (Fsp3) is 0.364. The van der Waals surface area contributed by atoms with E-state index in [2.05, 4.69) is 27.3 Å². The Kier molecular flexibility index (Phi) is 5.09. The van der Waals surface area contributed by atoms with E-state index in [-0.39, 0.29) is 0 Å². The van der Waals surface area contributed by atoms with Gasteiger partial charge in [0.25, 0.3) is 0 Å². The summed E-state index contributed by atoms with van der Waals surface area (Å²) in [4.78, 5) is 0. The van der Waals surface area contributed by atoms with E-state index in [9.17, 15) is 0 Å². The molecule has 0 unspecified atom stereocenters. The molecule has 0 aliphatic carbocycles. The molecule has 0 atom stereocenters. The molecule has 0 aliphatic heterocycles. The number of anilines is 1. The molecule has 0 radical (unpaired) electrons. The summed E-state index contributed by atoms with van der Waals surface area (Å²) in [5.74, 6) is 0. The molecule has 0 aromatic heterocycles. The number of unbranched alkanes of at least 4 members (excludes halogenated alkanes) is 2. The molecule has 2 nitrogen and oxygen atoms in total. The van der Waals surface area contributed by atoms with Crippen molar-refractivity contribution in [2.75, 3.05) is 11.9 Å². The maximum absolute atomic E-state index is 8.35. The SMILES string of the molecule is N#CCCCCNc1ccccc1Br. The molecule has 0 fully saturated rings. The first-order valence-corrected chi connectivity index (χ1v) is 5.49. The molecule has 1 N–H and O–H groups in total. The van der Waals surface area contributed by atoms with Crippen LogP contribution in [0.15, 0.2) is 28.7 Å². The molecule has 1 aromatic carbocycles. The van der Waals surface area contributed by atoms with E-state index in [1.54, 1.807) is 0 Å². The Morgan fingerprint density at radius 3 is 2.79 bits per heavy atom. The lowest BCUT2D eigenvalue weighted by Gasteiger charge is -2.06. The van der Waals surface area contributed by atoms with Gasteiger partial charge in [0.1, 0.15) is 0 Å². The van der Waals surface area contributed by atoms with Crippen LogP contribution in [0.5, 0.6) is 0 Å². The molecule has 0 amide bonds. The van der Waals surface area contributed by atoms with Gasteiger partial charge in [-0.3, -0.25) is 0 Å². The standard InChI is InChI=1S/C11H13BrN2/c12-10-6-2-3-7-11(10)14-9-5-1-4-8-13/h2-3,6-7,14H,1,4-5,9H2. The number of halogens is 1. The van der Waals surface area contributed by atoms with Gasteiger partial charge in [-0.15, -0.1) is 0 Å². The minimum atomic E-state index is 0.650. The third kappa shape index (κ3) is 3.80. The van der Waals surface area contributed by atoms with Crippen LogP contribution >= 0.6 is 15.9 Å². The summed E-state index contributed by atoms with van der Waals surface area (Å²) in [6, 6.07) is 10.2.